The van der Waals surface area contributed by atoms with Crippen LogP contribution in [-0.4, -0.2) is 26.3 Å². The molecule has 1 aromatic carbocycles. The minimum absolute atomic E-state index is 0.205. The van der Waals surface area contributed by atoms with E-state index >= 15 is 0 Å². The van der Waals surface area contributed by atoms with Gasteiger partial charge in [-0.25, -0.2) is 4.79 Å². The van der Waals surface area contributed by atoms with Crippen LogP contribution in [0, 0.1) is 0 Å². The van der Waals surface area contributed by atoms with Gasteiger partial charge in [-0.3, -0.25) is 0 Å². The maximum absolute atomic E-state index is 12.8. The molecule has 0 bridgehead atoms. The molecule has 126 valence electrons. The van der Waals surface area contributed by atoms with Gasteiger partial charge < -0.3 is 14.1 Å². The molecule has 4 nitrogen and oxygen atoms in total. The lowest BCUT2D eigenvalue weighted by molar-refractivity contribution is 0.122. The van der Waals surface area contributed by atoms with Crippen molar-refractivity contribution in [1.29, 1.82) is 0 Å². The topological polar surface area (TPSA) is 42.7 Å². The predicted octanol–water partition coefficient (Wildman–Crippen LogP) is 3.41. The maximum Gasteiger partial charge on any atom is 0.345 e. The summed E-state index contributed by atoms with van der Waals surface area (Å²) in [6.45, 7) is 3.08. The first kappa shape index (κ1) is 15.5. The van der Waals surface area contributed by atoms with Crippen molar-refractivity contribution in [2.45, 2.75) is 32.1 Å². The van der Waals surface area contributed by atoms with Crippen LogP contribution >= 0.6 is 0 Å². The van der Waals surface area contributed by atoms with Crippen molar-refractivity contribution in [1.82, 2.24) is 0 Å². The summed E-state index contributed by atoms with van der Waals surface area (Å²) in [6, 6.07) is 9.93. The molecule has 2 aliphatic rings. The lowest BCUT2D eigenvalue weighted by Gasteiger charge is -2.32. The fraction of sp³-hybridized carbons (Fsp3) is 0.450. The highest BCUT2D eigenvalue weighted by molar-refractivity contribution is 5.80. The summed E-state index contributed by atoms with van der Waals surface area (Å²) in [5, 5.41) is 0. The Morgan fingerprint density at radius 3 is 2.46 bits per heavy atom. The normalized spacial score (nSPS) is 18.1. The van der Waals surface area contributed by atoms with Crippen molar-refractivity contribution < 1.29 is 9.15 Å². The molecule has 0 atom stereocenters. The van der Waals surface area contributed by atoms with E-state index in [1.807, 2.05) is 30.3 Å². The van der Waals surface area contributed by atoms with Crippen molar-refractivity contribution in [3.63, 3.8) is 0 Å². The van der Waals surface area contributed by atoms with Crippen LogP contribution in [0.25, 0.3) is 11.1 Å². The Morgan fingerprint density at radius 1 is 0.917 bits per heavy atom. The average Bonchev–Trinajstić information content (AvgIpc) is 2.87. The first-order chi connectivity index (χ1) is 11.8. The van der Waals surface area contributed by atoms with Gasteiger partial charge in [-0.2, -0.15) is 0 Å². The summed E-state index contributed by atoms with van der Waals surface area (Å²) in [4.78, 5) is 15.2. The summed E-state index contributed by atoms with van der Waals surface area (Å²) >= 11 is 0. The molecule has 0 amide bonds. The van der Waals surface area contributed by atoms with Crippen molar-refractivity contribution in [3.05, 3.63) is 52.1 Å². The number of hydrogen-bond acceptors (Lipinski definition) is 4. The number of morpholine rings is 1. The Kier molecular flexibility index (Phi) is 4.39. The Morgan fingerprint density at radius 2 is 1.67 bits per heavy atom. The van der Waals surface area contributed by atoms with Crippen molar-refractivity contribution >= 4 is 5.69 Å². The second kappa shape index (κ2) is 6.81. The lowest BCUT2D eigenvalue weighted by atomic mass is 9.98. The fourth-order valence-corrected chi connectivity index (χ4v) is 3.82. The zero-order valence-corrected chi connectivity index (χ0v) is 13.9. The van der Waals surface area contributed by atoms with E-state index in [0.717, 1.165) is 61.3 Å². The zero-order chi connectivity index (χ0) is 16.4. The SMILES string of the molecule is O=c1oc2c(c(N3CCOCC3)c1-c1ccccc1)CCCCC2. The number of anilines is 1. The number of rotatable bonds is 2. The third kappa shape index (κ3) is 2.86. The quantitative estimate of drug-likeness (QED) is 0.794. The van der Waals surface area contributed by atoms with E-state index in [-0.39, 0.29) is 5.63 Å². The summed E-state index contributed by atoms with van der Waals surface area (Å²) in [6.07, 6.45) is 5.32. The minimum atomic E-state index is -0.205. The molecule has 1 aromatic heterocycles. The van der Waals surface area contributed by atoms with Crippen LogP contribution in [0.5, 0.6) is 0 Å². The molecular weight excluding hydrogens is 302 g/mol. The number of benzene rings is 1. The second-order valence-corrected chi connectivity index (χ2v) is 6.54. The molecule has 1 aliphatic heterocycles. The van der Waals surface area contributed by atoms with Crippen LogP contribution < -0.4 is 10.5 Å². The third-order valence-electron chi connectivity index (χ3n) is 5.00. The molecule has 4 rings (SSSR count). The number of aryl methyl sites for hydroxylation is 1. The molecule has 0 radical (unpaired) electrons. The van der Waals surface area contributed by atoms with Crippen LogP contribution in [0.15, 0.2) is 39.5 Å². The monoisotopic (exact) mass is 325 g/mol. The van der Waals surface area contributed by atoms with Crippen LogP contribution in [0.3, 0.4) is 0 Å². The second-order valence-electron chi connectivity index (χ2n) is 6.54. The zero-order valence-electron chi connectivity index (χ0n) is 13.9. The van der Waals surface area contributed by atoms with Crippen LogP contribution in [0.4, 0.5) is 5.69 Å². The van der Waals surface area contributed by atoms with Gasteiger partial charge in [0.2, 0.25) is 0 Å². The predicted molar refractivity (Wildman–Crippen MR) is 94.7 cm³/mol. The fourth-order valence-electron chi connectivity index (χ4n) is 3.82. The Labute approximate surface area is 142 Å². The molecule has 0 saturated carbocycles. The molecule has 24 heavy (non-hydrogen) atoms. The number of hydrogen-bond donors (Lipinski definition) is 0. The Bertz CT molecular complexity index is 760. The summed E-state index contributed by atoms with van der Waals surface area (Å²) in [7, 11) is 0. The lowest BCUT2D eigenvalue weighted by Crippen LogP contribution is -2.38. The highest BCUT2D eigenvalue weighted by atomic mass is 16.5. The highest BCUT2D eigenvalue weighted by Crippen LogP contribution is 2.36. The standard InChI is InChI=1S/C20H23NO3/c22-20-18(15-7-3-1-4-8-15)19(21-11-13-23-14-12-21)16-9-5-2-6-10-17(16)24-20/h1,3-4,7-8H,2,5-6,9-14H2. The first-order valence-corrected chi connectivity index (χ1v) is 8.91. The molecule has 2 heterocycles. The van der Waals surface area contributed by atoms with Crippen molar-refractivity contribution in [3.8, 4) is 11.1 Å². The molecule has 0 unspecified atom stereocenters. The molecule has 1 aliphatic carbocycles. The molecule has 0 spiro atoms. The van der Waals surface area contributed by atoms with Gasteiger partial charge in [-0.15, -0.1) is 0 Å². The number of fused-ring (bicyclic) bond motifs is 1. The molecule has 1 fully saturated rings. The number of ether oxygens (including phenoxy) is 1. The largest absolute Gasteiger partial charge is 0.427 e. The van der Waals surface area contributed by atoms with E-state index in [2.05, 4.69) is 4.90 Å². The Balaban J connectivity index is 1.94. The van der Waals surface area contributed by atoms with Gasteiger partial charge >= 0.3 is 5.63 Å². The van der Waals surface area contributed by atoms with E-state index < -0.39 is 0 Å². The van der Waals surface area contributed by atoms with Crippen LogP contribution in [0.2, 0.25) is 0 Å². The van der Waals surface area contributed by atoms with E-state index in [4.69, 9.17) is 9.15 Å². The molecule has 2 aromatic rings. The summed E-state index contributed by atoms with van der Waals surface area (Å²) < 4.78 is 11.3. The molecule has 4 heteroatoms. The summed E-state index contributed by atoms with van der Waals surface area (Å²) in [5.74, 6) is 0.902. The van der Waals surface area contributed by atoms with E-state index in [9.17, 15) is 4.79 Å². The van der Waals surface area contributed by atoms with Gasteiger partial charge in [0.05, 0.1) is 24.5 Å². The van der Waals surface area contributed by atoms with Gasteiger partial charge in [0.25, 0.3) is 0 Å². The smallest absolute Gasteiger partial charge is 0.345 e. The molecule has 1 saturated heterocycles. The van der Waals surface area contributed by atoms with Crippen molar-refractivity contribution in [2.75, 3.05) is 31.2 Å². The number of nitrogens with zero attached hydrogens (tertiary/aromatic N) is 1. The van der Waals surface area contributed by atoms with Crippen molar-refractivity contribution in [2.24, 2.45) is 0 Å². The van der Waals surface area contributed by atoms with E-state index in [1.165, 1.54) is 12.0 Å². The van der Waals surface area contributed by atoms with E-state index in [0.29, 0.717) is 13.2 Å². The van der Waals surface area contributed by atoms with Crippen LogP contribution in [-0.2, 0) is 17.6 Å². The van der Waals surface area contributed by atoms with E-state index in [1.54, 1.807) is 0 Å². The first-order valence-electron chi connectivity index (χ1n) is 8.91. The average molecular weight is 325 g/mol. The Hall–Kier alpha value is -2.07. The van der Waals surface area contributed by atoms with Gasteiger partial charge in [0, 0.05) is 25.1 Å². The van der Waals surface area contributed by atoms with Gasteiger partial charge in [-0.05, 0) is 24.8 Å². The minimum Gasteiger partial charge on any atom is -0.427 e. The molecular formula is C20H23NO3. The van der Waals surface area contributed by atoms with Gasteiger partial charge in [0.15, 0.2) is 0 Å². The van der Waals surface area contributed by atoms with Gasteiger partial charge in [-0.1, -0.05) is 36.8 Å². The van der Waals surface area contributed by atoms with Crippen LogP contribution in [0.1, 0.15) is 30.6 Å². The maximum atomic E-state index is 12.8. The highest BCUT2D eigenvalue weighted by Gasteiger charge is 2.26. The van der Waals surface area contributed by atoms with Gasteiger partial charge in [0.1, 0.15) is 5.76 Å². The summed E-state index contributed by atoms with van der Waals surface area (Å²) in [5.41, 5.74) is 3.80. The third-order valence-corrected chi connectivity index (χ3v) is 5.00. The molecule has 0 N–H and O–H groups in total.